The summed E-state index contributed by atoms with van der Waals surface area (Å²) >= 11 is 0. The molecular weight excluding hydrogens is 226 g/mol. The Morgan fingerprint density at radius 1 is 1.56 bits per heavy atom. The SMILES string of the molecule is COCCc1ccnc2c1CCC1CNCCN21. The lowest BCUT2D eigenvalue weighted by atomic mass is 9.93. The molecule has 0 aliphatic carbocycles. The largest absolute Gasteiger partial charge is 0.384 e. The zero-order valence-corrected chi connectivity index (χ0v) is 11.0. The minimum Gasteiger partial charge on any atom is -0.384 e. The number of ether oxygens (including phenoxy) is 1. The number of hydrogen-bond acceptors (Lipinski definition) is 4. The number of rotatable bonds is 3. The molecular formula is C14H21N3O. The number of methoxy groups -OCH3 is 1. The molecule has 4 nitrogen and oxygen atoms in total. The van der Waals surface area contributed by atoms with Crippen LogP contribution in [0.4, 0.5) is 5.82 Å². The molecule has 3 heterocycles. The Morgan fingerprint density at radius 3 is 3.39 bits per heavy atom. The Morgan fingerprint density at radius 2 is 2.50 bits per heavy atom. The van der Waals surface area contributed by atoms with Crippen LogP contribution >= 0.6 is 0 Å². The van der Waals surface area contributed by atoms with Crippen LogP contribution in [-0.4, -0.2) is 44.4 Å². The molecule has 4 heteroatoms. The molecule has 2 aliphatic rings. The van der Waals surface area contributed by atoms with Crippen molar-refractivity contribution in [1.82, 2.24) is 10.3 Å². The molecule has 1 aromatic heterocycles. The number of piperazine rings is 1. The van der Waals surface area contributed by atoms with Crippen LogP contribution in [0.3, 0.4) is 0 Å². The highest BCUT2D eigenvalue weighted by Gasteiger charge is 2.30. The number of hydrogen-bond donors (Lipinski definition) is 1. The summed E-state index contributed by atoms with van der Waals surface area (Å²) in [5, 5.41) is 3.47. The molecule has 0 saturated carbocycles. The lowest BCUT2D eigenvalue weighted by Crippen LogP contribution is -2.53. The normalized spacial score (nSPS) is 22.5. The van der Waals surface area contributed by atoms with Gasteiger partial charge < -0.3 is 15.0 Å². The van der Waals surface area contributed by atoms with Gasteiger partial charge in [-0.1, -0.05) is 0 Å². The number of aromatic nitrogens is 1. The zero-order chi connectivity index (χ0) is 12.4. The summed E-state index contributed by atoms with van der Waals surface area (Å²) in [5.74, 6) is 1.22. The molecule has 1 N–H and O–H groups in total. The van der Waals surface area contributed by atoms with E-state index >= 15 is 0 Å². The third-order valence-electron chi connectivity index (χ3n) is 4.06. The van der Waals surface area contributed by atoms with Gasteiger partial charge in [0.05, 0.1) is 6.61 Å². The molecule has 1 fully saturated rings. The maximum atomic E-state index is 5.20. The predicted molar refractivity (Wildman–Crippen MR) is 72.1 cm³/mol. The van der Waals surface area contributed by atoms with Crippen molar-refractivity contribution >= 4 is 5.82 Å². The second kappa shape index (κ2) is 5.24. The summed E-state index contributed by atoms with van der Waals surface area (Å²) in [6.45, 7) is 4.04. The Kier molecular flexibility index (Phi) is 3.48. The third kappa shape index (κ3) is 2.10. The highest BCUT2D eigenvalue weighted by Crippen LogP contribution is 2.31. The van der Waals surface area contributed by atoms with Crippen molar-refractivity contribution in [2.75, 3.05) is 38.3 Å². The Hall–Kier alpha value is -1.13. The molecule has 1 unspecified atom stereocenters. The van der Waals surface area contributed by atoms with Gasteiger partial charge in [-0.25, -0.2) is 4.98 Å². The van der Waals surface area contributed by atoms with Crippen LogP contribution in [0.25, 0.3) is 0 Å². The van der Waals surface area contributed by atoms with E-state index in [1.165, 1.54) is 23.4 Å². The first-order valence-corrected chi connectivity index (χ1v) is 6.83. The predicted octanol–water partition coefficient (Wildman–Crippen LogP) is 0.995. The van der Waals surface area contributed by atoms with E-state index in [1.54, 1.807) is 7.11 Å². The molecule has 0 aromatic carbocycles. The van der Waals surface area contributed by atoms with Crippen molar-refractivity contribution in [3.05, 3.63) is 23.4 Å². The molecule has 18 heavy (non-hydrogen) atoms. The second-order valence-electron chi connectivity index (χ2n) is 5.11. The van der Waals surface area contributed by atoms with Crippen LogP contribution in [0.15, 0.2) is 12.3 Å². The average Bonchev–Trinajstić information content (AvgIpc) is 2.44. The van der Waals surface area contributed by atoms with Crippen molar-refractivity contribution in [3.63, 3.8) is 0 Å². The van der Waals surface area contributed by atoms with Gasteiger partial charge >= 0.3 is 0 Å². The number of nitrogens with zero attached hydrogens (tertiary/aromatic N) is 2. The number of fused-ring (bicyclic) bond motifs is 3. The van der Waals surface area contributed by atoms with Gasteiger partial charge in [0.25, 0.3) is 0 Å². The van der Waals surface area contributed by atoms with Crippen molar-refractivity contribution in [1.29, 1.82) is 0 Å². The third-order valence-corrected chi connectivity index (χ3v) is 4.06. The fourth-order valence-corrected chi connectivity index (χ4v) is 3.09. The highest BCUT2D eigenvalue weighted by molar-refractivity contribution is 5.54. The van der Waals surface area contributed by atoms with Gasteiger partial charge in [-0.05, 0) is 36.5 Å². The molecule has 0 radical (unpaired) electrons. The molecule has 2 aliphatic heterocycles. The smallest absolute Gasteiger partial charge is 0.132 e. The summed E-state index contributed by atoms with van der Waals surface area (Å²) in [5.41, 5.74) is 2.87. The van der Waals surface area contributed by atoms with Crippen molar-refractivity contribution in [3.8, 4) is 0 Å². The van der Waals surface area contributed by atoms with E-state index in [2.05, 4.69) is 21.3 Å². The molecule has 1 atom stereocenters. The van der Waals surface area contributed by atoms with Crippen molar-refractivity contribution in [2.24, 2.45) is 0 Å². The summed E-state index contributed by atoms with van der Waals surface area (Å²) in [4.78, 5) is 7.12. The molecule has 0 spiro atoms. The van der Waals surface area contributed by atoms with Gasteiger partial charge in [-0.15, -0.1) is 0 Å². The first kappa shape index (κ1) is 11.9. The van der Waals surface area contributed by atoms with Crippen LogP contribution in [-0.2, 0) is 17.6 Å². The van der Waals surface area contributed by atoms with E-state index in [9.17, 15) is 0 Å². The van der Waals surface area contributed by atoms with Gasteiger partial charge in [-0.2, -0.15) is 0 Å². The van der Waals surface area contributed by atoms with Crippen LogP contribution in [0.1, 0.15) is 17.5 Å². The van der Waals surface area contributed by atoms with Crippen LogP contribution in [0.5, 0.6) is 0 Å². The number of anilines is 1. The Labute approximate surface area is 108 Å². The molecule has 0 amide bonds. The molecule has 1 saturated heterocycles. The van der Waals surface area contributed by atoms with E-state index < -0.39 is 0 Å². The standard InChI is InChI=1S/C14H21N3O/c1-18-9-5-11-4-6-16-14-13(11)3-2-12-10-15-7-8-17(12)14/h4,6,12,15H,2-3,5,7-10H2,1H3. The van der Waals surface area contributed by atoms with E-state index in [1.807, 2.05) is 6.20 Å². The summed E-state index contributed by atoms with van der Waals surface area (Å²) in [6, 6.07) is 2.79. The zero-order valence-electron chi connectivity index (χ0n) is 11.0. The minimum absolute atomic E-state index is 0.636. The fraction of sp³-hybridized carbons (Fsp3) is 0.643. The van der Waals surface area contributed by atoms with Gasteiger partial charge in [-0.3, -0.25) is 0 Å². The summed E-state index contributed by atoms with van der Waals surface area (Å²) in [7, 11) is 1.76. The molecule has 0 bridgehead atoms. The maximum Gasteiger partial charge on any atom is 0.132 e. The van der Waals surface area contributed by atoms with Crippen LogP contribution < -0.4 is 10.2 Å². The highest BCUT2D eigenvalue weighted by atomic mass is 16.5. The summed E-state index contributed by atoms with van der Waals surface area (Å²) in [6.07, 6.45) is 5.35. The fourth-order valence-electron chi connectivity index (χ4n) is 3.09. The molecule has 3 rings (SSSR count). The van der Waals surface area contributed by atoms with E-state index in [0.29, 0.717) is 6.04 Å². The monoisotopic (exact) mass is 247 g/mol. The lowest BCUT2D eigenvalue weighted by Gasteiger charge is -2.42. The topological polar surface area (TPSA) is 37.4 Å². The lowest BCUT2D eigenvalue weighted by molar-refractivity contribution is 0.202. The Bertz CT molecular complexity index is 422. The quantitative estimate of drug-likeness (QED) is 0.864. The molecule has 1 aromatic rings. The van der Waals surface area contributed by atoms with Gasteiger partial charge in [0.1, 0.15) is 5.82 Å². The van der Waals surface area contributed by atoms with Gasteiger partial charge in [0.15, 0.2) is 0 Å². The first-order valence-electron chi connectivity index (χ1n) is 6.83. The number of pyridine rings is 1. The van der Waals surface area contributed by atoms with E-state index in [4.69, 9.17) is 4.74 Å². The Balaban J connectivity index is 1.89. The first-order chi connectivity index (χ1) is 8.90. The van der Waals surface area contributed by atoms with Gasteiger partial charge in [0.2, 0.25) is 0 Å². The van der Waals surface area contributed by atoms with Crippen LogP contribution in [0, 0.1) is 0 Å². The average molecular weight is 247 g/mol. The van der Waals surface area contributed by atoms with Crippen LogP contribution in [0.2, 0.25) is 0 Å². The van der Waals surface area contributed by atoms with Gasteiger partial charge in [0, 0.05) is 39.0 Å². The minimum atomic E-state index is 0.636. The van der Waals surface area contributed by atoms with Crippen molar-refractivity contribution in [2.45, 2.75) is 25.3 Å². The van der Waals surface area contributed by atoms with E-state index in [-0.39, 0.29) is 0 Å². The van der Waals surface area contributed by atoms with Crippen molar-refractivity contribution < 1.29 is 4.74 Å². The molecule has 98 valence electrons. The second-order valence-corrected chi connectivity index (χ2v) is 5.11. The van der Waals surface area contributed by atoms with E-state index in [0.717, 1.165) is 39.1 Å². The summed E-state index contributed by atoms with van der Waals surface area (Å²) < 4.78 is 5.20. The maximum absolute atomic E-state index is 5.20. The number of nitrogens with one attached hydrogen (secondary N) is 1.